The average molecular weight is 286 g/mol. The summed E-state index contributed by atoms with van der Waals surface area (Å²) in [6.45, 7) is 9.62. The summed E-state index contributed by atoms with van der Waals surface area (Å²) in [5.74, 6) is 2.40. The Morgan fingerprint density at radius 1 is 1.32 bits per heavy atom. The number of amides is 1. The fourth-order valence-corrected chi connectivity index (χ4v) is 3.13. The van der Waals surface area contributed by atoms with Gasteiger partial charge in [0.05, 0.1) is 12.2 Å². The van der Waals surface area contributed by atoms with Crippen molar-refractivity contribution in [2.24, 2.45) is 11.8 Å². The monoisotopic (exact) mass is 286 g/mol. The van der Waals surface area contributed by atoms with Crippen molar-refractivity contribution >= 4 is 17.7 Å². The number of nitrogens with zero attached hydrogens (tertiary/aromatic N) is 1. The molecule has 19 heavy (non-hydrogen) atoms. The molecule has 1 saturated heterocycles. The highest BCUT2D eigenvalue weighted by Gasteiger charge is 2.41. The maximum absolute atomic E-state index is 12.5. The lowest BCUT2D eigenvalue weighted by molar-refractivity contribution is -0.131. The van der Waals surface area contributed by atoms with Gasteiger partial charge in [0.1, 0.15) is 0 Å². The molecule has 0 bridgehead atoms. The maximum Gasteiger partial charge on any atom is 0.241 e. The van der Waals surface area contributed by atoms with Crippen LogP contribution in [0.2, 0.25) is 0 Å². The lowest BCUT2D eigenvalue weighted by Crippen LogP contribution is -2.42. The number of hydrogen-bond acceptors (Lipinski definition) is 3. The number of thioether (sulfide) groups is 1. The standard InChI is InChI=1S/C15H30N2OS/c1-6-12(4)13-15(18)17(9-7-8-10-19-5)14(16-13)11(2)3/h11-14,16H,6-10H2,1-5H3. The molecule has 1 fully saturated rings. The van der Waals surface area contributed by atoms with E-state index < -0.39 is 0 Å². The zero-order chi connectivity index (χ0) is 14.4. The zero-order valence-corrected chi connectivity index (χ0v) is 13.9. The molecule has 3 atom stereocenters. The number of nitrogens with one attached hydrogen (secondary N) is 1. The first-order valence-corrected chi connectivity index (χ1v) is 8.97. The van der Waals surface area contributed by atoms with Crippen LogP contribution in [0.3, 0.4) is 0 Å². The van der Waals surface area contributed by atoms with E-state index in [0.29, 0.717) is 17.7 Å². The lowest BCUT2D eigenvalue weighted by Gasteiger charge is -2.27. The molecule has 1 heterocycles. The van der Waals surface area contributed by atoms with Gasteiger partial charge in [-0.25, -0.2) is 0 Å². The van der Waals surface area contributed by atoms with Gasteiger partial charge in [-0.3, -0.25) is 10.1 Å². The van der Waals surface area contributed by atoms with Crippen molar-refractivity contribution in [3.63, 3.8) is 0 Å². The summed E-state index contributed by atoms with van der Waals surface area (Å²) in [5, 5.41) is 3.55. The minimum Gasteiger partial charge on any atom is -0.326 e. The molecule has 1 rings (SSSR count). The molecule has 1 aliphatic rings. The molecule has 0 spiro atoms. The minimum absolute atomic E-state index is 0.0259. The van der Waals surface area contributed by atoms with Crippen molar-refractivity contribution in [3.8, 4) is 0 Å². The van der Waals surface area contributed by atoms with Gasteiger partial charge in [0.2, 0.25) is 5.91 Å². The van der Waals surface area contributed by atoms with E-state index in [9.17, 15) is 4.79 Å². The third-order valence-corrected chi connectivity index (χ3v) is 4.77. The highest BCUT2D eigenvalue weighted by atomic mass is 32.2. The first kappa shape index (κ1) is 16.8. The van der Waals surface area contributed by atoms with Crippen LogP contribution in [0.5, 0.6) is 0 Å². The molecule has 0 aromatic heterocycles. The Labute approximate surface area is 122 Å². The highest BCUT2D eigenvalue weighted by Crippen LogP contribution is 2.23. The van der Waals surface area contributed by atoms with Crippen LogP contribution in [0.1, 0.15) is 47.0 Å². The Morgan fingerprint density at radius 3 is 2.53 bits per heavy atom. The third-order valence-electron chi connectivity index (χ3n) is 4.08. The van der Waals surface area contributed by atoms with Crippen LogP contribution in [0.4, 0.5) is 0 Å². The summed E-state index contributed by atoms with van der Waals surface area (Å²) in [5.41, 5.74) is 0. The Morgan fingerprint density at radius 2 is 2.00 bits per heavy atom. The molecule has 0 saturated carbocycles. The molecule has 0 aromatic carbocycles. The summed E-state index contributed by atoms with van der Waals surface area (Å²) < 4.78 is 0. The van der Waals surface area contributed by atoms with Gasteiger partial charge in [0, 0.05) is 6.54 Å². The molecule has 0 aromatic rings. The van der Waals surface area contributed by atoms with Gasteiger partial charge < -0.3 is 4.90 Å². The lowest BCUT2D eigenvalue weighted by atomic mass is 9.99. The van der Waals surface area contributed by atoms with Crippen molar-refractivity contribution in [3.05, 3.63) is 0 Å². The predicted octanol–water partition coefficient (Wildman–Crippen LogP) is 2.96. The van der Waals surface area contributed by atoms with E-state index in [0.717, 1.165) is 19.4 Å². The molecule has 1 aliphatic heterocycles. The number of rotatable bonds is 8. The summed E-state index contributed by atoms with van der Waals surface area (Å²) in [6, 6.07) is 0.0259. The number of carbonyl (C=O) groups is 1. The molecular formula is C15H30N2OS. The van der Waals surface area contributed by atoms with Gasteiger partial charge in [-0.15, -0.1) is 0 Å². The van der Waals surface area contributed by atoms with Gasteiger partial charge >= 0.3 is 0 Å². The zero-order valence-electron chi connectivity index (χ0n) is 13.1. The van der Waals surface area contributed by atoms with Crippen LogP contribution in [-0.4, -0.2) is 41.6 Å². The van der Waals surface area contributed by atoms with Crippen LogP contribution in [-0.2, 0) is 4.79 Å². The molecular weight excluding hydrogens is 256 g/mol. The van der Waals surface area contributed by atoms with E-state index in [1.165, 1.54) is 12.2 Å². The van der Waals surface area contributed by atoms with E-state index in [1.807, 2.05) is 11.8 Å². The Balaban J connectivity index is 2.61. The molecule has 3 nitrogen and oxygen atoms in total. The van der Waals surface area contributed by atoms with E-state index in [1.54, 1.807) is 0 Å². The topological polar surface area (TPSA) is 32.3 Å². The molecule has 0 radical (unpaired) electrons. The summed E-state index contributed by atoms with van der Waals surface area (Å²) in [7, 11) is 0. The maximum atomic E-state index is 12.5. The van der Waals surface area contributed by atoms with E-state index in [2.05, 4.69) is 44.2 Å². The van der Waals surface area contributed by atoms with E-state index >= 15 is 0 Å². The van der Waals surface area contributed by atoms with E-state index in [4.69, 9.17) is 0 Å². The normalized spacial score (nSPS) is 25.4. The van der Waals surface area contributed by atoms with Crippen molar-refractivity contribution in [1.82, 2.24) is 10.2 Å². The van der Waals surface area contributed by atoms with Gasteiger partial charge in [-0.05, 0) is 36.7 Å². The Bertz CT molecular complexity index is 283. The fourth-order valence-electron chi connectivity index (χ4n) is 2.63. The molecule has 1 amide bonds. The molecule has 0 aliphatic carbocycles. The highest BCUT2D eigenvalue weighted by molar-refractivity contribution is 7.98. The molecule has 1 N–H and O–H groups in total. The fraction of sp³-hybridized carbons (Fsp3) is 0.933. The molecule has 4 heteroatoms. The SMILES string of the molecule is CCC(C)C1NC(C(C)C)N(CCCCSC)C1=O. The van der Waals surface area contributed by atoms with Crippen LogP contribution in [0.25, 0.3) is 0 Å². The molecule has 3 unspecified atom stereocenters. The van der Waals surface area contributed by atoms with Crippen LogP contribution in [0.15, 0.2) is 0 Å². The second-order valence-electron chi connectivity index (χ2n) is 5.95. The number of unbranched alkanes of at least 4 members (excludes halogenated alkanes) is 1. The first-order chi connectivity index (χ1) is 9.02. The van der Waals surface area contributed by atoms with Crippen molar-refractivity contribution < 1.29 is 4.79 Å². The third kappa shape index (κ3) is 4.38. The largest absolute Gasteiger partial charge is 0.326 e. The van der Waals surface area contributed by atoms with Crippen molar-refractivity contribution in [2.45, 2.75) is 59.2 Å². The van der Waals surface area contributed by atoms with Gasteiger partial charge in [-0.1, -0.05) is 34.1 Å². The van der Waals surface area contributed by atoms with Crippen LogP contribution < -0.4 is 5.32 Å². The predicted molar refractivity (Wildman–Crippen MR) is 84.3 cm³/mol. The average Bonchev–Trinajstić information content (AvgIpc) is 2.71. The van der Waals surface area contributed by atoms with Crippen molar-refractivity contribution in [2.75, 3.05) is 18.6 Å². The van der Waals surface area contributed by atoms with Crippen molar-refractivity contribution in [1.29, 1.82) is 0 Å². The number of hydrogen-bond donors (Lipinski definition) is 1. The number of carbonyl (C=O) groups excluding carboxylic acids is 1. The quantitative estimate of drug-likeness (QED) is 0.696. The van der Waals surface area contributed by atoms with Gasteiger partial charge in [-0.2, -0.15) is 11.8 Å². The second kappa shape index (κ2) is 8.15. The summed E-state index contributed by atoms with van der Waals surface area (Å²) in [4.78, 5) is 14.6. The molecule has 112 valence electrons. The van der Waals surface area contributed by atoms with Gasteiger partial charge in [0.15, 0.2) is 0 Å². The Kier molecular flexibility index (Phi) is 7.22. The summed E-state index contributed by atoms with van der Waals surface area (Å²) in [6.07, 6.45) is 5.72. The Hall–Kier alpha value is -0.220. The van der Waals surface area contributed by atoms with Crippen LogP contribution in [0, 0.1) is 11.8 Å². The van der Waals surface area contributed by atoms with Crippen LogP contribution >= 0.6 is 11.8 Å². The summed E-state index contributed by atoms with van der Waals surface area (Å²) >= 11 is 1.88. The minimum atomic E-state index is 0.0259. The van der Waals surface area contributed by atoms with Gasteiger partial charge in [0.25, 0.3) is 0 Å². The smallest absolute Gasteiger partial charge is 0.241 e. The van der Waals surface area contributed by atoms with E-state index in [-0.39, 0.29) is 12.2 Å². The first-order valence-electron chi connectivity index (χ1n) is 7.58. The second-order valence-corrected chi connectivity index (χ2v) is 6.94.